The zero-order chi connectivity index (χ0) is 36.8. The number of piperidine rings is 1. The van der Waals surface area contributed by atoms with E-state index in [0.717, 1.165) is 42.3 Å². The Balaban J connectivity index is 1.49. The van der Waals surface area contributed by atoms with Gasteiger partial charge in [-0.2, -0.15) is 26.3 Å². The van der Waals surface area contributed by atoms with E-state index in [-0.39, 0.29) is 44.6 Å². The molecule has 0 radical (unpaired) electrons. The molecule has 0 bridgehead atoms. The van der Waals surface area contributed by atoms with E-state index in [4.69, 9.17) is 14.2 Å². The van der Waals surface area contributed by atoms with Crippen LogP contribution in [0.4, 0.5) is 32.0 Å². The van der Waals surface area contributed by atoms with Crippen LogP contribution in [0.5, 0.6) is 11.5 Å². The number of alkyl halides is 6. The third-order valence-corrected chi connectivity index (χ3v) is 9.03. The maximum Gasteiger partial charge on any atom is 0.417 e. The van der Waals surface area contributed by atoms with Gasteiger partial charge in [-0.3, -0.25) is 14.6 Å². The summed E-state index contributed by atoms with van der Waals surface area (Å²) in [4.78, 5) is 37.3. The van der Waals surface area contributed by atoms with Gasteiger partial charge >= 0.3 is 12.4 Å². The molecule has 0 spiro atoms. The van der Waals surface area contributed by atoms with Crippen molar-refractivity contribution in [2.45, 2.75) is 43.3 Å². The van der Waals surface area contributed by atoms with Gasteiger partial charge in [0.1, 0.15) is 18.1 Å². The van der Waals surface area contributed by atoms with E-state index in [1.54, 1.807) is 12.0 Å². The molecule has 0 N–H and O–H groups in total. The van der Waals surface area contributed by atoms with Gasteiger partial charge in [0.25, 0.3) is 11.8 Å². The van der Waals surface area contributed by atoms with Crippen molar-refractivity contribution in [2.24, 2.45) is 0 Å². The van der Waals surface area contributed by atoms with Crippen molar-refractivity contribution in [3.63, 3.8) is 0 Å². The number of hydrogen-bond acceptors (Lipinski definition) is 7. The Morgan fingerprint density at radius 1 is 0.941 bits per heavy atom. The third kappa shape index (κ3) is 8.24. The molecule has 2 aromatic carbocycles. The van der Waals surface area contributed by atoms with Crippen LogP contribution in [0.3, 0.4) is 0 Å². The van der Waals surface area contributed by atoms with E-state index in [1.807, 2.05) is 29.2 Å². The monoisotopic (exact) mass is 720 g/mol. The Kier molecular flexibility index (Phi) is 11.5. The normalized spacial score (nSPS) is 19.8. The molecule has 2 aliphatic rings. The first-order valence-electron chi connectivity index (χ1n) is 16.3. The lowest BCUT2D eigenvalue weighted by Crippen LogP contribution is -2.69. The lowest BCUT2D eigenvalue weighted by atomic mass is 9.80. The van der Waals surface area contributed by atoms with Gasteiger partial charge in [-0.15, -0.1) is 6.58 Å². The Morgan fingerprint density at radius 3 is 2.29 bits per heavy atom. The lowest BCUT2D eigenvalue weighted by molar-refractivity contribution is -0.159. The fraction of sp³-hybridized carbons (Fsp3) is 0.417. The number of nitrogens with zero attached hydrogens (tertiary/aromatic N) is 4. The number of carbonyl (C=O) groups excluding carboxylic acids is 2. The average molecular weight is 721 g/mol. The van der Waals surface area contributed by atoms with Crippen LogP contribution in [0.2, 0.25) is 0 Å². The highest BCUT2D eigenvalue weighted by molar-refractivity contribution is 5.97. The largest absolute Gasteiger partial charge is 0.489 e. The predicted molar refractivity (Wildman–Crippen MR) is 176 cm³/mol. The van der Waals surface area contributed by atoms with Gasteiger partial charge in [-0.1, -0.05) is 18.2 Å². The van der Waals surface area contributed by atoms with Crippen LogP contribution in [-0.4, -0.2) is 91.3 Å². The third-order valence-electron chi connectivity index (χ3n) is 9.03. The van der Waals surface area contributed by atoms with Crippen LogP contribution in [-0.2, 0) is 21.9 Å². The second-order valence-corrected chi connectivity index (χ2v) is 12.2. The number of piperazine rings is 1. The summed E-state index contributed by atoms with van der Waals surface area (Å²) in [5.41, 5.74) is -3.89. The van der Waals surface area contributed by atoms with Crippen LogP contribution < -0.4 is 14.4 Å². The summed E-state index contributed by atoms with van der Waals surface area (Å²) in [5.74, 6) is -0.987. The number of halogens is 6. The Bertz CT molecular complexity index is 1680. The lowest BCUT2D eigenvalue weighted by Gasteiger charge is -2.50. The number of aromatic nitrogens is 1. The number of rotatable bonds is 11. The van der Waals surface area contributed by atoms with E-state index >= 15 is 0 Å². The molecule has 2 fully saturated rings. The molecule has 274 valence electrons. The van der Waals surface area contributed by atoms with Crippen molar-refractivity contribution in [1.82, 2.24) is 14.8 Å². The van der Waals surface area contributed by atoms with Gasteiger partial charge < -0.3 is 28.9 Å². The minimum atomic E-state index is -4.87. The smallest absolute Gasteiger partial charge is 0.417 e. The minimum Gasteiger partial charge on any atom is -0.489 e. The molecule has 2 atom stereocenters. The topological polar surface area (TPSA) is 84.4 Å². The number of methoxy groups -OCH3 is 1. The molecule has 0 saturated carbocycles. The average Bonchev–Trinajstić information content (AvgIpc) is 3.12. The van der Waals surface area contributed by atoms with E-state index in [1.165, 1.54) is 11.0 Å². The fourth-order valence-corrected chi connectivity index (χ4v) is 6.60. The highest BCUT2D eigenvalue weighted by atomic mass is 19.4. The van der Waals surface area contributed by atoms with Gasteiger partial charge in [0.2, 0.25) is 5.60 Å². The number of hydrogen-bond donors (Lipinski definition) is 0. The molecule has 3 heterocycles. The fourth-order valence-electron chi connectivity index (χ4n) is 6.60. The van der Waals surface area contributed by atoms with E-state index in [0.29, 0.717) is 38.1 Å². The summed E-state index contributed by atoms with van der Waals surface area (Å²) in [7, 11) is 1.57. The van der Waals surface area contributed by atoms with Crippen LogP contribution in [0.25, 0.3) is 0 Å². The number of likely N-dealkylation sites (tertiary alicyclic amines) is 1. The highest BCUT2D eigenvalue weighted by Gasteiger charge is 2.56. The van der Waals surface area contributed by atoms with Crippen LogP contribution in [0, 0.1) is 0 Å². The summed E-state index contributed by atoms with van der Waals surface area (Å²) in [6.45, 7) is 5.67. The first kappa shape index (κ1) is 37.5. The zero-order valence-electron chi connectivity index (χ0n) is 27.9. The maximum absolute atomic E-state index is 14.8. The van der Waals surface area contributed by atoms with Crippen molar-refractivity contribution in [3.05, 3.63) is 96.3 Å². The molecule has 3 aromatic rings. The van der Waals surface area contributed by atoms with Gasteiger partial charge in [0.15, 0.2) is 0 Å². The second-order valence-electron chi connectivity index (χ2n) is 12.2. The quantitative estimate of drug-likeness (QED) is 0.127. The number of para-hydroxylation sites is 2. The van der Waals surface area contributed by atoms with Crippen molar-refractivity contribution < 1.29 is 50.1 Å². The molecular weight excluding hydrogens is 682 g/mol. The summed E-state index contributed by atoms with van der Waals surface area (Å²) in [5, 5.41) is 0. The standard InChI is InChI=1S/C36H38F6N4O5/c1-3-7-31-34(51-26-12-10-25(11-13-26)35(37,38)39,15-6-17-46(31)32(47)27-24-43-16-14-28(27)36(40,41)42)33(48)45-20-18-44(19-21-45)29-8-4-5-9-30(29)50-23-22-49-2/h3-5,8-14,16,24,31H,1,6-7,15,17-23H2,2H3/t31-,34-/m0/s1. The Labute approximate surface area is 291 Å². The molecule has 15 heteroatoms. The predicted octanol–water partition coefficient (Wildman–Crippen LogP) is 6.49. The van der Waals surface area contributed by atoms with Crippen molar-refractivity contribution in [3.8, 4) is 11.5 Å². The molecule has 0 aliphatic carbocycles. The number of carbonyl (C=O) groups is 2. The maximum atomic E-state index is 14.8. The van der Waals surface area contributed by atoms with Crippen LogP contribution in [0.1, 0.15) is 40.7 Å². The number of amides is 2. The molecule has 2 amide bonds. The van der Waals surface area contributed by atoms with Crippen LogP contribution in [0.15, 0.2) is 79.6 Å². The Hall–Kier alpha value is -4.79. The number of anilines is 1. The van der Waals surface area contributed by atoms with E-state index in [9.17, 15) is 35.9 Å². The molecule has 5 rings (SSSR count). The minimum absolute atomic E-state index is 0.0113. The van der Waals surface area contributed by atoms with Gasteiger partial charge in [0, 0.05) is 58.6 Å². The van der Waals surface area contributed by atoms with Crippen molar-refractivity contribution in [2.75, 3.05) is 57.9 Å². The number of benzene rings is 2. The van der Waals surface area contributed by atoms with Crippen molar-refractivity contribution in [1.29, 1.82) is 0 Å². The highest BCUT2D eigenvalue weighted by Crippen LogP contribution is 2.40. The number of ether oxygens (including phenoxy) is 3. The first-order chi connectivity index (χ1) is 24.3. The van der Waals surface area contributed by atoms with Crippen molar-refractivity contribution >= 4 is 17.5 Å². The number of pyridine rings is 1. The zero-order valence-corrected chi connectivity index (χ0v) is 27.9. The molecule has 2 aliphatic heterocycles. The summed E-state index contributed by atoms with van der Waals surface area (Å²) < 4.78 is 99.6. The van der Waals surface area contributed by atoms with E-state index < -0.39 is 52.5 Å². The summed E-state index contributed by atoms with van der Waals surface area (Å²) in [6, 6.07) is 10.8. The second kappa shape index (κ2) is 15.6. The first-order valence-corrected chi connectivity index (χ1v) is 16.3. The van der Waals surface area contributed by atoms with E-state index in [2.05, 4.69) is 11.6 Å². The van der Waals surface area contributed by atoms with Gasteiger partial charge in [-0.05, 0) is 55.3 Å². The Morgan fingerprint density at radius 2 is 1.65 bits per heavy atom. The molecule has 1 aromatic heterocycles. The van der Waals surface area contributed by atoms with Gasteiger partial charge in [-0.25, -0.2) is 0 Å². The summed E-state index contributed by atoms with van der Waals surface area (Å²) >= 11 is 0. The molecule has 9 nitrogen and oxygen atoms in total. The molecule has 0 unspecified atom stereocenters. The molecular formula is C36H38F6N4O5. The van der Waals surface area contributed by atoms with Crippen LogP contribution >= 0.6 is 0 Å². The van der Waals surface area contributed by atoms with Gasteiger partial charge in [0.05, 0.1) is 35.0 Å². The molecule has 51 heavy (non-hydrogen) atoms. The SMILES string of the molecule is C=CC[C@@H]1N(C(=O)c2cnccc2C(F)(F)F)CCC[C@@]1(Oc1ccc(C(F)(F)F)cc1)C(=O)N1CCN(c2ccccc2OCCOC)CC1. The molecule has 2 saturated heterocycles. The summed E-state index contributed by atoms with van der Waals surface area (Å²) in [6.07, 6.45) is -6.17.